The smallest absolute Gasteiger partial charge is 0.359 e. The minimum Gasteiger partial charge on any atom is -0.456 e. The Labute approximate surface area is 132 Å². The quantitative estimate of drug-likeness (QED) is 0.875. The van der Waals surface area contributed by atoms with E-state index in [0.717, 1.165) is 0 Å². The predicted molar refractivity (Wildman–Crippen MR) is 82.6 cm³/mol. The Bertz CT molecular complexity index is 683. The molecule has 112 valence electrons. The maximum atomic E-state index is 12.1. The van der Waals surface area contributed by atoms with Crippen molar-refractivity contribution in [1.82, 2.24) is 9.78 Å². The monoisotopic (exact) mass is 327 g/mol. The van der Waals surface area contributed by atoms with Gasteiger partial charge in [-0.3, -0.25) is 4.68 Å². The van der Waals surface area contributed by atoms with E-state index in [1.165, 1.54) is 4.68 Å². The number of halogens is 2. The third-order valence-electron chi connectivity index (χ3n) is 3.08. The van der Waals surface area contributed by atoms with Crippen molar-refractivity contribution in [3.8, 4) is 0 Å². The van der Waals surface area contributed by atoms with E-state index < -0.39 is 5.97 Å². The van der Waals surface area contributed by atoms with Gasteiger partial charge in [0, 0.05) is 12.6 Å². The van der Waals surface area contributed by atoms with Gasteiger partial charge in [0.15, 0.2) is 5.69 Å². The number of rotatable bonds is 4. The lowest BCUT2D eigenvalue weighted by molar-refractivity contribution is 0.0461. The van der Waals surface area contributed by atoms with Gasteiger partial charge >= 0.3 is 5.97 Å². The molecule has 7 heteroatoms. The second-order valence-electron chi connectivity index (χ2n) is 4.48. The second-order valence-corrected chi connectivity index (χ2v) is 5.26. The number of nitrogens with zero attached hydrogens (tertiary/aromatic N) is 2. The number of nitrogen functional groups attached to an aromatic ring is 1. The first kappa shape index (κ1) is 15.7. The molecule has 21 heavy (non-hydrogen) atoms. The molecule has 0 aliphatic heterocycles. The minimum atomic E-state index is -0.543. The molecule has 0 saturated heterocycles. The van der Waals surface area contributed by atoms with Crippen molar-refractivity contribution < 1.29 is 9.53 Å². The molecule has 1 heterocycles. The van der Waals surface area contributed by atoms with Gasteiger partial charge in [0.25, 0.3) is 0 Å². The summed E-state index contributed by atoms with van der Waals surface area (Å²) in [6.45, 7) is 1.93. The molecular weight excluding hydrogens is 313 g/mol. The summed E-state index contributed by atoms with van der Waals surface area (Å²) >= 11 is 12.0. The maximum Gasteiger partial charge on any atom is 0.359 e. The van der Waals surface area contributed by atoms with Gasteiger partial charge in [0.05, 0.1) is 21.4 Å². The van der Waals surface area contributed by atoms with Gasteiger partial charge in [-0.2, -0.15) is 5.10 Å². The summed E-state index contributed by atoms with van der Waals surface area (Å²) in [4.78, 5) is 12.1. The van der Waals surface area contributed by atoms with Crippen molar-refractivity contribution in [2.24, 2.45) is 7.05 Å². The lowest BCUT2D eigenvalue weighted by Crippen LogP contribution is -2.12. The minimum absolute atomic E-state index is 0.0182. The largest absolute Gasteiger partial charge is 0.456 e. The maximum absolute atomic E-state index is 12.1. The third kappa shape index (κ3) is 3.14. The summed E-state index contributed by atoms with van der Waals surface area (Å²) in [5, 5.41) is 4.97. The molecule has 2 aromatic rings. The molecule has 1 aromatic heterocycles. The highest BCUT2D eigenvalue weighted by molar-refractivity contribution is 6.42. The zero-order valence-electron chi connectivity index (χ0n) is 11.7. The lowest BCUT2D eigenvalue weighted by Gasteiger charge is -2.08. The van der Waals surface area contributed by atoms with Crippen LogP contribution in [0.4, 0.5) is 5.69 Å². The van der Waals surface area contributed by atoms with Crippen molar-refractivity contribution in [2.45, 2.75) is 20.0 Å². The molecule has 0 aliphatic rings. The molecule has 0 bridgehead atoms. The van der Waals surface area contributed by atoms with Gasteiger partial charge in [-0.05, 0) is 12.5 Å². The standard InChI is InChI=1S/C14H15Cl2N3O2/c1-3-10-12(17)13(19(2)18-10)14(20)21-7-8-5-4-6-9(15)11(8)16/h4-6H,3,7,17H2,1-2H3. The number of anilines is 1. The molecule has 1 aromatic carbocycles. The fraction of sp³-hybridized carbons (Fsp3) is 0.286. The van der Waals surface area contributed by atoms with Crippen LogP contribution >= 0.6 is 23.2 Å². The molecule has 0 radical (unpaired) electrons. The van der Waals surface area contributed by atoms with Crippen LogP contribution in [-0.4, -0.2) is 15.7 Å². The fourth-order valence-corrected chi connectivity index (χ4v) is 2.35. The van der Waals surface area contributed by atoms with Crippen LogP contribution in [0.15, 0.2) is 18.2 Å². The third-order valence-corrected chi connectivity index (χ3v) is 3.94. The van der Waals surface area contributed by atoms with Crippen molar-refractivity contribution in [1.29, 1.82) is 0 Å². The molecule has 5 nitrogen and oxygen atoms in total. The highest BCUT2D eigenvalue weighted by Gasteiger charge is 2.20. The Kier molecular flexibility index (Phi) is 4.75. The molecule has 2 rings (SSSR count). The Morgan fingerprint density at radius 3 is 2.76 bits per heavy atom. The van der Waals surface area contributed by atoms with E-state index in [2.05, 4.69) is 5.10 Å². The van der Waals surface area contributed by atoms with Crippen LogP contribution in [-0.2, 0) is 24.8 Å². The topological polar surface area (TPSA) is 70.1 Å². The fourth-order valence-electron chi connectivity index (χ4n) is 1.97. The first-order chi connectivity index (χ1) is 9.95. The SMILES string of the molecule is CCc1nn(C)c(C(=O)OCc2cccc(Cl)c2Cl)c1N. The number of benzene rings is 1. The number of esters is 1. The van der Waals surface area contributed by atoms with E-state index in [4.69, 9.17) is 33.7 Å². The predicted octanol–water partition coefficient (Wildman–Crippen LogP) is 3.23. The van der Waals surface area contributed by atoms with Crippen LogP contribution in [0.3, 0.4) is 0 Å². The Morgan fingerprint density at radius 1 is 1.43 bits per heavy atom. The number of ether oxygens (including phenoxy) is 1. The van der Waals surface area contributed by atoms with E-state index in [0.29, 0.717) is 33.4 Å². The lowest BCUT2D eigenvalue weighted by atomic mass is 10.2. The molecular formula is C14H15Cl2N3O2. The van der Waals surface area contributed by atoms with Crippen molar-refractivity contribution in [2.75, 3.05) is 5.73 Å². The molecule has 0 amide bonds. The van der Waals surface area contributed by atoms with E-state index >= 15 is 0 Å². The molecule has 0 fully saturated rings. The first-order valence-electron chi connectivity index (χ1n) is 6.37. The molecule has 0 unspecified atom stereocenters. The van der Waals surface area contributed by atoms with Gasteiger partial charge in [-0.25, -0.2) is 4.79 Å². The normalized spacial score (nSPS) is 10.7. The van der Waals surface area contributed by atoms with Crippen LogP contribution in [0.1, 0.15) is 28.7 Å². The number of nitrogens with two attached hydrogens (primary N) is 1. The number of aryl methyl sites for hydroxylation is 2. The van der Waals surface area contributed by atoms with Crippen molar-refractivity contribution >= 4 is 34.9 Å². The summed E-state index contributed by atoms with van der Waals surface area (Å²) in [6, 6.07) is 5.15. The van der Waals surface area contributed by atoms with E-state index in [-0.39, 0.29) is 12.3 Å². The Balaban J connectivity index is 2.16. The molecule has 0 atom stereocenters. The zero-order valence-corrected chi connectivity index (χ0v) is 13.2. The van der Waals surface area contributed by atoms with Crippen LogP contribution in [0, 0.1) is 0 Å². The zero-order chi connectivity index (χ0) is 15.6. The molecule has 0 saturated carbocycles. The second kappa shape index (κ2) is 6.37. The van der Waals surface area contributed by atoms with Crippen molar-refractivity contribution in [3.63, 3.8) is 0 Å². The van der Waals surface area contributed by atoms with E-state index in [9.17, 15) is 4.79 Å². The van der Waals surface area contributed by atoms with Crippen LogP contribution in [0.2, 0.25) is 10.0 Å². The summed E-state index contributed by atoms with van der Waals surface area (Å²) in [6.07, 6.45) is 0.646. The summed E-state index contributed by atoms with van der Waals surface area (Å²) in [7, 11) is 1.65. The average molecular weight is 328 g/mol. The number of hydrogen-bond acceptors (Lipinski definition) is 4. The van der Waals surface area contributed by atoms with E-state index in [1.807, 2.05) is 6.92 Å². The van der Waals surface area contributed by atoms with Gasteiger partial charge < -0.3 is 10.5 Å². The van der Waals surface area contributed by atoms with Gasteiger partial charge in [0.1, 0.15) is 6.61 Å². The first-order valence-corrected chi connectivity index (χ1v) is 7.12. The Hall–Kier alpha value is -1.72. The molecule has 2 N–H and O–H groups in total. The number of carbonyl (C=O) groups is 1. The summed E-state index contributed by atoms with van der Waals surface area (Å²) < 4.78 is 6.67. The number of carbonyl (C=O) groups excluding carboxylic acids is 1. The molecule has 0 spiro atoms. The van der Waals surface area contributed by atoms with Gasteiger partial charge in [-0.1, -0.05) is 42.3 Å². The summed E-state index contributed by atoms with van der Waals surface area (Å²) in [5.74, 6) is -0.543. The molecule has 0 aliphatic carbocycles. The van der Waals surface area contributed by atoms with Crippen LogP contribution in [0.25, 0.3) is 0 Å². The highest BCUT2D eigenvalue weighted by atomic mass is 35.5. The number of aromatic nitrogens is 2. The van der Waals surface area contributed by atoms with Crippen molar-refractivity contribution in [3.05, 3.63) is 45.2 Å². The van der Waals surface area contributed by atoms with Crippen LogP contribution < -0.4 is 5.73 Å². The Morgan fingerprint density at radius 2 is 2.14 bits per heavy atom. The van der Waals surface area contributed by atoms with E-state index in [1.54, 1.807) is 25.2 Å². The summed E-state index contributed by atoms with van der Waals surface area (Å²) in [5.41, 5.74) is 7.80. The van der Waals surface area contributed by atoms with Gasteiger partial charge in [-0.15, -0.1) is 0 Å². The van der Waals surface area contributed by atoms with Gasteiger partial charge in [0.2, 0.25) is 0 Å². The average Bonchev–Trinajstić information content (AvgIpc) is 2.74. The highest BCUT2D eigenvalue weighted by Crippen LogP contribution is 2.26. The van der Waals surface area contributed by atoms with Crippen LogP contribution in [0.5, 0.6) is 0 Å². The number of hydrogen-bond donors (Lipinski definition) is 1.